The van der Waals surface area contributed by atoms with E-state index in [9.17, 15) is 14.4 Å². The number of nitrogens with zero attached hydrogens (tertiary/aromatic N) is 1. The molecule has 238 valence electrons. The first-order chi connectivity index (χ1) is 22.5. The number of hydrogen-bond acceptors (Lipinski definition) is 4. The SMILES string of the molecule is O=C(CC1CCN(C(=O)CCc2ccccc2)CC1)NC(Cc1ccc(OCc2ccccc2)cc1)C(=O)NCc1ccccc1. The monoisotopic (exact) mass is 617 g/mol. The van der Waals surface area contributed by atoms with Crippen LogP contribution in [-0.2, 0) is 40.4 Å². The zero-order valence-electron chi connectivity index (χ0n) is 26.3. The molecule has 0 bridgehead atoms. The highest BCUT2D eigenvalue weighted by atomic mass is 16.5. The molecule has 0 spiro atoms. The number of aryl methyl sites for hydroxylation is 1. The number of carbonyl (C=O) groups is 3. The van der Waals surface area contributed by atoms with Crippen LogP contribution in [0.25, 0.3) is 0 Å². The van der Waals surface area contributed by atoms with Gasteiger partial charge in [0.2, 0.25) is 17.7 Å². The molecular formula is C39H43N3O4. The fraction of sp³-hybridized carbons (Fsp3) is 0.308. The van der Waals surface area contributed by atoms with Crippen LogP contribution in [0.15, 0.2) is 115 Å². The molecule has 1 aliphatic rings. The lowest BCUT2D eigenvalue weighted by Gasteiger charge is -2.32. The number of rotatable bonds is 14. The first-order valence-corrected chi connectivity index (χ1v) is 16.2. The zero-order chi connectivity index (χ0) is 32.0. The number of ether oxygens (including phenoxy) is 1. The minimum absolute atomic E-state index is 0.142. The van der Waals surface area contributed by atoms with Gasteiger partial charge in [-0.05, 0) is 59.6 Å². The Kier molecular flexibility index (Phi) is 12.0. The summed E-state index contributed by atoms with van der Waals surface area (Å²) in [5.41, 5.74) is 4.17. The molecule has 4 aromatic rings. The van der Waals surface area contributed by atoms with Gasteiger partial charge in [0.25, 0.3) is 0 Å². The van der Waals surface area contributed by atoms with Crippen LogP contribution in [0.3, 0.4) is 0 Å². The largest absolute Gasteiger partial charge is 0.489 e. The quantitative estimate of drug-likeness (QED) is 0.185. The lowest BCUT2D eigenvalue weighted by Crippen LogP contribution is -2.48. The van der Waals surface area contributed by atoms with Crippen molar-refractivity contribution in [3.05, 3.63) is 138 Å². The molecule has 1 aliphatic heterocycles. The lowest BCUT2D eigenvalue weighted by molar-refractivity contribution is -0.133. The standard InChI is InChI=1S/C39H43N3O4/c43-37(27-32-22-24-42(25-23-32)38(44)21-18-30-10-4-1-5-11-30)41-36(39(45)40-28-33-12-6-2-7-13-33)26-31-16-19-35(20-17-31)46-29-34-14-8-3-9-15-34/h1-17,19-20,32,36H,18,21-29H2,(H,40,45)(H,41,43). The van der Waals surface area contributed by atoms with E-state index in [-0.39, 0.29) is 23.6 Å². The Hall–Kier alpha value is -4.91. The molecule has 1 unspecified atom stereocenters. The van der Waals surface area contributed by atoms with E-state index < -0.39 is 6.04 Å². The Morgan fingerprint density at radius 2 is 1.30 bits per heavy atom. The topological polar surface area (TPSA) is 87.7 Å². The summed E-state index contributed by atoms with van der Waals surface area (Å²) in [6.45, 7) is 2.17. The predicted molar refractivity (Wildman–Crippen MR) is 180 cm³/mol. The molecule has 1 saturated heterocycles. The van der Waals surface area contributed by atoms with Crippen molar-refractivity contribution in [2.75, 3.05) is 13.1 Å². The van der Waals surface area contributed by atoms with Crippen LogP contribution in [0.2, 0.25) is 0 Å². The summed E-state index contributed by atoms with van der Waals surface area (Å²) in [6, 6.07) is 36.7. The van der Waals surface area contributed by atoms with E-state index in [2.05, 4.69) is 10.6 Å². The predicted octanol–water partition coefficient (Wildman–Crippen LogP) is 5.87. The van der Waals surface area contributed by atoms with Gasteiger partial charge in [-0.1, -0.05) is 103 Å². The number of carbonyl (C=O) groups excluding carboxylic acids is 3. The smallest absolute Gasteiger partial charge is 0.243 e. The summed E-state index contributed by atoms with van der Waals surface area (Å²) < 4.78 is 5.92. The van der Waals surface area contributed by atoms with E-state index in [4.69, 9.17) is 4.74 Å². The molecule has 0 radical (unpaired) electrons. The van der Waals surface area contributed by atoms with Gasteiger partial charge in [-0.15, -0.1) is 0 Å². The van der Waals surface area contributed by atoms with Gasteiger partial charge in [-0.3, -0.25) is 14.4 Å². The number of likely N-dealkylation sites (tertiary alicyclic amines) is 1. The number of nitrogens with one attached hydrogen (secondary N) is 2. The molecule has 1 atom stereocenters. The van der Waals surface area contributed by atoms with Gasteiger partial charge in [0.05, 0.1) is 0 Å². The highest BCUT2D eigenvalue weighted by Crippen LogP contribution is 2.22. The van der Waals surface area contributed by atoms with Crippen molar-refractivity contribution >= 4 is 17.7 Å². The maximum Gasteiger partial charge on any atom is 0.243 e. The molecule has 0 aromatic heterocycles. The molecule has 7 heteroatoms. The zero-order valence-corrected chi connectivity index (χ0v) is 26.3. The van der Waals surface area contributed by atoms with Crippen LogP contribution in [0.1, 0.15) is 47.9 Å². The van der Waals surface area contributed by atoms with Crippen LogP contribution < -0.4 is 15.4 Å². The highest BCUT2D eigenvalue weighted by Gasteiger charge is 2.27. The molecule has 46 heavy (non-hydrogen) atoms. The third-order valence-corrected chi connectivity index (χ3v) is 8.48. The Labute approximate surface area is 272 Å². The van der Waals surface area contributed by atoms with Crippen molar-refractivity contribution in [3.63, 3.8) is 0 Å². The third kappa shape index (κ3) is 10.3. The van der Waals surface area contributed by atoms with Crippen molar-refractivity contribution in [2.24, 2.45) is 5.92 Å². The van der Waals surface area contributed by atoms with Gasteiger partial charge in [0, 0.05) is 38.9 Å². The summed E-state index contributed by atoms with van der Waals surface area (Å²) in [5, 5.41) is 6.02. The van der Waals surface area contributed by atoms with Crippen molar-refractivity contribution < 1.29 is 19.1 Å². The summed E-state index contributed by atoms with van der Waals surface area (Å²) in [7, 11) is 0. The van der Waals surface area contributed by atoms with E-state index in [1.54, 1.807) is 0 Å². The molecule has 7 nitrogen and oxygen atoms in total. The number of benzene rings is 4. The molecule has 1 fully saturated rings. The maximum atomic E-state index is 13.4. The average molecular weight is 618 g/mol. The van der Waals surface area contributed by atoms with Gasteiger partial charge in [0.15, 0.2) is 0 Å². The van der Waals surface area contributed by atoms with Crippen LogP contribution >= 0.6 is 0 Å². The molecule has 3 amide bonds. The molecule has 0 saturated carbocycles. The third-order valence-electron chi connectivity index (χ3n) is 8.48. The maximum absolute atomic E-state index is 13.4. The first kappa shape index (κ1) is 32.5. The van der Waals surface area contributed by atoms with Crippen LogP contribution in [-0.4, -0.2) is 41.8 Å². The van der Waals surface area contributed by atoms with Gasteiger partial charge < -0.3 is 20.3 Å². The fourth-order valence-electron chi connectivity index (χ4n) is 5.77. The molecular weight excluding hydrogens is 574 g/mol. The molecule has 4 aromatic carbocycles. The minimum atomic E-state index is -0.716. The van der Waals surface area contributed by atoms with Gasteiger partial charge >= 0.3 is 0 Å². The number of hydrogen-bond donors (Lipinski definition) is 2. The molecule has 2 N–H and O–H groups in total. The summed E-state index contributed by atoms with van der Waals surface area (Å²) in [5.74, 6) is 0.717. The Morgan fingerprint density at radius 1 is 0.717 bits per heavy atom. The summed E-state index contributed by atoms with van der Waals surface area (Å²) in [6.07, 6.45) is 3.48. The molecule has 0 aliphatic carbocycles. The summed E-state index contributed by atoms with van der Waals surface area (Å²) in [4.78, 5) is 41.3. The molecule has 1 heterocycles. The van der Waals surface area contributed by atoms with E-state index in [1.165, 1.54) is 0 Å². The minimum Gasteiger partial charge on any atom is -0.489 e. The Bertz CT molecular complexity index is 1520. The lowest BCUT2D eigenvalue weighted by atomic mass is 9.92. The van der Waals surface area contributed by atoms with Crippen LogP contribution in [0, 0.1) is 5.92 Å². The van der Waals surface area contributed by atoms with E-state index in [1.807, 2.05) is 120 Å². The van der Waals surface area contributed by atoms with Crippen LogP contribution in [0.5, 0.6) is 5.75 Å². The van der Waals surface area contributed by atoms with Gasteiger partial charge in [-0.2, -0.15) is 0 Å². The van der Waals surface area contributed by atoms with Crippen molar-refractivity contribution in [1.29, 1.82) is 0 Å². The Morgan fingerprint density at radius 3 is 1.93 bits per heavy atom. The molecule has 5 rings (SSSR count). The second-order valence-electron chi connectivity index (χ2n) is 12.0. The van der Waals surface area contributed by atoms with Gasteiger partial charge in [-0.25, -0.2) is 0 Å². The van der Waals surface area contributed by atoms with Crippen molar-refractivity contribution in [1.82, 2.24) is 15.5 Å². The van der Waals surface area contributed by atoms with Crippen molar-refractivity contribution in [2.45, 2.75) is 57.7 Å². The first-order valence-electron chi connectivity index (χ1n) is 16.2. The normalized spacial score (nSPS) is 13.9. The van der Waals surface area contributed by atoms with Crippen molar-refractivity contribution in [3.8, 4) is 5.75 Å². The van der Waals surface area contributed by atoms with Gasteiger partial charge in [0.1, 0.15) is 18.4 Å². The second-order valence-corrected chi connectivity index (χ2v) is 12.0. The number of piperidine rings is 1. The highest BCUT2D eigenvalue weighted by molar-refractivity contribution is 5.88. The Balaban J connectivity index is 1.13. The summed E-state index contributed by atoms with van der Waals surface area (Å²) >= 11 is 0. The van der Waals surface area contributed by atoms with Crippen LogP contribution in [0.4, 0.5) is 0 Å². The fourth-order valence-corrected chi connectivity index (χ4v) is 5.77. The average Bonchev–Trinajstić information content (AvgIpc) is 3.10. The van der Waals surface area contributed by atoms with E-state index >= 15 is 0 Å². The van der Waals surface area contributed by atoms with E-state index in [0.29, 0.717) is 45.5 Å². The van der Waals surface area contributed by atoms with E-state index in [0.717, 1.165) is 47.3 Å². The number of amides is 3. The second kappa shape index (κ2) is 17.0.